The van der Waals surface area contributed by atoms with Crippen LogP contribution < -0.4 is 14.8 Å². The van der Waals surface area contributed by atoms with E-state index < -0.39 is 0 Å². The lowest BCUT2D eigenvalue weighted by Crippen LogP contribution is -2.14. The van der Waals surface area contributed by atoms with E-state index in [-0.39, 0.29) is 5.91 Å². The Balaban J connectivity index is 1.94. The van der Waals surface area contributed by atoms with E-state index >= 15 is 0 Å². The van der Waals surface area contributed by atoms with Gasteiger partial charge >= 0.3 is 0 Å². The van der Waals surface area contributed by atoms with Crippen LogP contribution in [0.1, 0.15) is 30.0 Å². The van der Waals surface area contributed by atoms with E-state index in [0.29, 0.717) is 47.4 Å². The van der Waals surface area contributed by atoms with Crippen molar-refractivity contribution in [2.45, 2.75) is 20.8 Å². The fourth-order valence-electron chi connectivity index (χ4n) is 2.76. The van der Waals surface area contributed by atoms with Crippen LogP contribution in [0.2, 0.25) is 0 Å². The molecule has 3 rings (SSSR count). The van der Waals surface area contributed by atoms with Crippen molar-refractivity contribution < 1.29 is 18.8 Å². The highest BCUT2D eigenvalue weighted by Gasteiger charge is 2.22. The van der Waals surface area contributed by atoms with Crippen molar-refractivity contribution in [2.75, 3.05) is 18.5 Å². The van der Waals surface area contributed by atoms with E-state index in [1.807, 2.05) is 50.2 Å². The van der Waals surface area contributed by atoms with Crippen LogP contribution in [0, 0.1) is 6.92 Å². The van der Waals surface area contributed by atoms with Gasteiger partial charge in [0, 0.05) is 11.6 Å². The minimum absolute atomic E-state index is 0.317. The maximum Gasteiger partial charge on any atom is 0.261 e. The number of nitrogens with one attached hydrogen (secondary N) is 1. The van der Waals surface area contributed by atoms with Gasteiger partial charge in [0.15, 0.2) is 0 Å². The second-order valence-corrected chi connectivity index (χ2v) is 5.81. The lowest BCUT2D eigenvalue weighted by molar-refractivity contribution is 0.102. The highest BCUT2D eigenvalue weighted by molar-refractivity contribution is 6.09. The number of nitrogens with zero attached hydrogens (tertiary/aromatic N) is 1. The predicted molar refractivity (Wildman–Crippen MR) is 103 cm³/mol. The lowest BCUT2D eigenvalue weighted by atomic mass is 10.1. The molecule has 1 amide bonds. The van der Waals surface area contributed by atoms with Crippen molar-refractivity contribution in [3.8, 4) is 22.8 Å². The molecule has 2 aromatic carbocycles. The van der Waals surface area contributed by atoms with E-state index in [1.54, 1.807) is 19.1 Å². The number of amides is 1. The molecule has 0 saturated carbocycles. The Kier molecular flexibility index (Phi) is 5.76. The van der Waals surface area contributed by atoms with Gasteiger partial charge in [-0.3, -0.25) is 4.79 Å². The molecule has 0 atom stereocenters. The Hall–Kier alpha value is -3.28. The Morgan fingerprint density at radius 1 is 1.07 bits per heavy atom. The molecule has 1 N–H and O–H groups in total. The quantitative estimate of drug-likeness (QED) is 0.656. The third-order valence-electron chi connectivity index (χ3n) is 3.95. The molecule has 0 radical (unpaired) electrons. The molecule has 0 aliphatic rings. The van der Waals surface area contributed by atoms with Crippen LogP contribution >= 0.6 is 0 Å². The van der Waals surface area contributed by atoms with E-state index in [1.165, 1.54) is 0 Å². The number of carbonyl (C=O) groups excluding carboxylic acids is 1. The highest BCUT2D eigenvalue weighted by Crippen LogP contribution is 2.31. The van der Waals surface area contributed by atoms with Gasteiger partial charge in [-0.2, -0.15) is 0 Å². The second kappa shape index (κ2) is 8.40. The van der Waals surface area contributed by atoms with Gasteiger partial charge in [-0.05, 0) is 32.9 Å². The molecule has 0 aliphatic carbocycles. The molecule has 0 unspecified atom stereocenters. The van der Waals surface area contributed by atoms with Crippen LogP contribution in [0.5, 0.6) is 11.5 Å². The Labute approximate surface area is 158 Å². The molecule has 0 bridgehead atoms. The Morgan fingerprint density at radius 2 is 1.81 bits per heavy atom. The topological polar surface area (TPSA) is 73.6 Å². The molecular formula is C21H22N2O4. The SMILES string of the molecule is CCOc1ccc(OCC)c(NC(=O)c2c(-c3ccccc3)noc2C)c1. The van der Waals surface area contributed by atoms with Crippen LogP contribution in [-0.2, 0) is 0 Å². The maximum atomic E-state index is 13.0. The second-order valence-electron chi connectivity index (χ2n) is 5.81. The number of hydrogen-bond donors (Lipinski definition) is 1. The number of ether oxygens (including phenoxy) is 2. The smallest absolute Gasteiger partial charge is 0.261 e. The van der Waals surface area contributed by atoms with Crippen molar-refractivity contribution in [3.63, 3.8) is 0 Å². The first-order valence-corrected chi connectivity index (χ1v) is 8.86. The summed E-state index contributed by atoms with van der Waals surface area (Å²) in [6.07, 6.45) is 0. The first-order chi connectivity index (χ1) is 13.1. The van der Waals surface area contributed by atoms with Crippen LogP contribution in [-0.4, -0.2) is 24.3 Å². The lowest BCUT2D eigenvalue weighted by Gasteiger charge is -2.13. The van der Waals surface area contributed by atoms with Gasteiger partial charge < -0.3 is 19.3 Å². The summed E-state index contributed by atoms with van der Waals surface area (Å²) in [6.45, 7) is 6.53. The van der Waals surface area contributed by atoms with Crippen LogP contribution in [0.4, 0.5) is 5.69 Å². The summed E-state index contributed by atoms with van der Waals surface area (Å²) in [4.78, 5) is 13.0. The van der Waals surface area contributed by atoms with E-state index in [2.05, 4.69) is 10.5 Å². The molecule has 6 heteroatoms. The van der Waals surface area contributed by atoms with E-state index in [4.69, 9.17) is 14.0 Å². The summed E-state index contributed by atoms with van der Waals surface area (Å²) >= 11 is 0. The van der Waals surface area contributed by atoms with Gasteiger partial charge in [0.1, 0.15) is 28.5 Å². The van der Waals surface area contributed by atoms with Crippen LogP contribution in [0.3, 0.4) is 0 Å². The Bertz CT molecular complexity index is 919. The number of carbonyl (C=O) groups is 1. The fourth-order valence-corrected chi connectivity index (χ4v) is 2.76. The summed E-state index contributed by atoms with van der Waals surface area (Å²) in [5.74, 6) is 1.36. The zero-order chi connectivity index (χ0) is 19.2. The summed E-state index contributed by atoms with van der Waals surface area (Å²) < 4.78 is 16.4. The number of rotatable bonds is 7. The first-order valence-electron chi connectivity index (χ1n) is 8.86. The number of aryl methyl sites for hydroxylation is 1. The number of benzene rings is 2. The molecule has 0 aliphatic heterocycles. The first kappa shape index (κ1) is 18.5. The summed E-state index contributed by atoms with van der Waals surface area (Å²) in [5.41, 5.74) is 2.25. The molecule has 1 aromatic heterocycles. The Morgan fingerprint density at radius 3 is 2.52 bits per heavy atom. The van der Waals surface area contributed by atoms with Crippen LogP contribution in [0.25, 0.3) is 11.3 Å². The molecule has 0 saturated heterocycles. The molecule has 140 valence electrons. The molecule has 0 fully saturated rings. The molecule has 3 aromatic rings. The zero-order valence-corrected chi connectivity index (χ0v) is 15.6. The minimum Gasteiger partial charge on any atom is -0.494 e. The number of aromatic nitrogens is 1. The van der Waals surface area contributed by atoms with E-state index in [9.17, 15) is 4.79 Å². The third-order valence-corrected chi connectivity index (χ3v) is 3.95. The van der Waals surface area contributed by atoms with Crippen molar-refractivity contribution in [1.82, 2.24) is 5.16 Å². The number of anilines is 1. The highest BCUT2D eigenvalue weighted by atomic mass is 16.5. The molecular weight excluding hydrogens is 344 g/mol. The van der Waals surface area contributed by atoms with Crippen molar-refractivity contribution >= 4 is 11.6 Å². The standard InChI is InChI=1S/C21H22N2O4/c1-4-25-16-11-12-18(26-5-2)17(13-16)22-21(24)19-14(3)27-23-20(19)15-9-7-6-8-10-15/h6-13H,4-5H2,1-3H3,(H,22,24). The van der Waals surface area contributed by atoms with Crippen LogP contribution in [0.15, 0.2) is 53.1 Å². The predicted octanol–water partition coefficient (Wildman–Crippen LogP) is 4.70. The number of hydrogen-bond acceptors (Lipinski definition) is 5. The fraction of sp³-hybridized carbons (Fsp3) is 0.238. The third kappa shape index (κ3) is 4.11. The average Bonchev–Trinajstić information content (AvgIpc) is 3.06. The average molecular weight is 366 g/mol. The molecule has 0 spiro atoms. The normalized spacial score (nSPS) is 10.5. The van der Waals surface area contributed by atoms with Crippen molar-refractivity contribution in [3.05, 3.63) is 59.9 Å². The van der Waals surface area contributed by atoms with Gasteiger partial charge in [-0.1, -0.05) is 35.5 Å². The van der Waals surface area contributed by atoms with Gasteiger partial charge in [0.25, 0.3) is 5.91 Å². The monoisotopic (exact) mass is 366 g/mol. The molecule has 1 heterocycles. The summed E-state index contributed by atoms with van der Waals surface area (Å²) in [5, 5.41) is 6.97. The van der Waals surface area contributed by atoms with Gasteiger partial charge in [0.2, 0.25) is 0 Å². The molecule has 6 nitrogen and oxygen atoms in total. The summed E-state index contributed by atoms with van der Waals surface area (Å²) in [7, 11) is 0. The minimum atomic E-state index is -0.317. The van der Waals surface area contributed by atoms with Crippen molar-refractivity contribution in [1.29, 1.82) is 0 Å². The maximum absolute atomic E-state index is 13.0. The molecule has 27 heavy (non-hydrogen) atoms. The largest absolute Gasteiger partial charge is 0.494 e. The van der Waals surface area contributed by atoms with Gasteiger partial charge in [-0.25, -0.2) is 0 Å². The zero-order valence-electron chi connectivity index (χ0n) is 15.6. The van der Waals surface area contributed by atoms with Gasteiger partial charge in [-0.15, -0.1) is 0 Å². The van der Waals surface area contributed by atoms with Gasteiger partial charge in [0.05, 0.1) is 18.9 Å². The van der Waals surface area contributed by atoms with E-state index in [0.717, 1.165) is 5.56 Å². The summed E-state index contributed by atoms with van der Waals surface area (Å²) in [6, 6.07) is 14.8. The van der Waals surface area contributed by atoms with Crippen molar-refractivity contribution in [2.24, 2.45) is 0 Å².